The van der Waals surface area contributed by atoms with Crippen molar-refractivity contribution in [1.29, 1.82) is 0 Å². The van der Waals surface area contributed by atoms with Gasteiger partial charge in [0.15, 0.2) is 0 Å². The van der Waals surface area contributed by atoms with Gasteiger partial charge in [0.2, 0.25) is 0 Å². The summed E-state index contributed by atoms with van der Waals surface area (Å²) in [7, 11) is 3.98. The van der Waals surface area contributed by atoms with E-state index in [4.69, 9.17) is 4.98 Å². The number of imidazole rings is 1. The molecule has 1 saturated heterocycles. The predicted molar refractivity (Wildman–Crippen MR) is 93.2 cm³/mol. The van der Waals surface area contributed by atoms with E-state index in [2.05, 4.69) is 39.5 Å². The van der Waals surface area contributed by atoms with Crippen LogP contribution < -0.4 is 9.80 Å². The second-order valence-corrected chi connectivity index (χ2v) is 6.70. The van der Waals surface area contributed by atoms with Crippen LogP contribution in [-0.2, 0) is 0 Å². The van der Waals surface area contributed by atoms with Gasteiger partial charge in [-0.15, -0.1) is 0 Å². The largest absolute Gasteiger partial charge is 0.361 e. The summed E-state index contributed by atoms with van der Waals surface area (Å²) in [5.74, 6) is 3.50. The van der Waals surface area contributed by atoms with Gasteiger partial charge in [-0.3, -0.25) is 4.98 Å². The lowest BCUT2D eigenvalue weighted by Gasteiger charge is -2.34. The van der Waals surface area contributed by atoms with Gasteiger partial charge >= 0.3 is 0 Å². The molecule has 0 aromatic carbocycles. The molecule has 3 heterocycles. The van der Waals surface area contributed by atoms with E-state index in [9.17, 15) is 0 Å². The van der Waals surface area contributed by atoms with Gasteiger partial charge in [0.25, 0.3) is 0 Å². The molecular weight excluding hydrogens is 288 g/mol. The van der Waals surface area contributed by atoms with Gasteiger partial charge in [-0.2, -0.15) is 0 Å². The van der Waals surface area contributed by atoms with Crippen molar-refractivity contribution < 1.29 is 0 Å². The highest BCUT2D eigenvalue weighted by Crippen LogP contribution is 2.29. The van der Waals surface area contributed by atoms with Gasteiger partial charge in [-0.05, 0) is 26.7 Å². The normalized spacial score (nSPS) is 18.5. The lowest BCUT2D eigenvalue weighted by atomic mass is 9.97. The summed E-state index contributed by atoms with van der Waals surface area (Å²) in [5, 5.41) is 0. The van der Waals surface area contributed by atoms with Crippen LogP contribution in [0.1, 0.15) is 44.5 Å². The van der Waals surface area contributed by atoms with Crippen LogP contribution in [0.3, 0.4) is 0 Å². The molecule has 2 aromatic heterocycles. The van der Waals surface area contributed by atoms with E-state index in [1.807, 2.05) is 31.4 Å². The van der Waals surface area contributed by atoms with Crippen molar-refractivity contribution in [2.24, 2.45) is 0 Å². The van der Waals surface area contributed by atoms with Crippen molar-refractivity contribution in [2.45, 2.75) is 38.6 Å². The molecule has 0 bridgehead atoms. The molecular formula is C17H26N6. The minimum absolute atomic E-state index is 0.444. The highest BCUT2D eigenvalue weighted by atomic mass is 15.2. The first-order chi connectivity index (χ1) is 11.1. The molecule has 0 radical (unpaired) electrons. The van der Waals surface area contributed by atoms with E-state index < -0.39 is 0 Å². The van der Waals surface area contributed by atoms with E-state index in [0.29, 0.717) is 12.0 Å². The van der Waals surface area contributed by atoms with Crippen molar-refractivity contribution in [1.82, 2.24) is 19.5 Å². The molecule has 2 aromatic rings. The van der Waals surface area contributed by atoms with E-state index in [1.165, 1.54) is 12.2 Å². The van der Waals surface area contributed by atoms with Crippen LogP contribution in [0, 0.1) is 0 Å². The topological polar surface area (TPSA) is 50.1 Å². The van der Waals surface area contributed by atoms with Crippen molar-refractivity contribution in [3.05, 3.63) is 30.6 Å². The zero-order valence-electron chi connectivity index (χ0n) is 14.5. The molecule has 0 amide bonds. The Morgan fingerprint density at radius 2 is 2.09 bits per heavy atom. The molecule has 0 saturated carbocycles. The van der Waals surface area contributed by atoms with E-state index >= 15 is 0 Å². The van der Waals surface area contributed by atoms with Gasteiger partial charge < -0.3 is 14.4 Å². The SMILES string of the molecule is CC(C)n1ccnc1[C@@H]1CCCN(c2cncc(N(C)C)n2)C1. The average molecular weight is 314 g/mol. The molecule has 0 spiro atoms. The standard InChI is InChI=1S/C17H26N6/c1-13(2)23-9-7-19-17(23)14-6-5-8-22(12-14)16-11-18-10-15(20-16)21(3)4/h7,9-11,13-14H,5-6,8,12H2,1-4H3/t14-/m1/s1. The molecule has 6 heteroatoms. The van der Waals surface area contributed by atoms with Crippen molar-refractivity contribution in [3.63, 3.8) is 0 Å². The molecule has 3 rings (SSSR count). The molecule has 0 aliphatic carbocycles. The van der Waals surface area contributed by atoms with Crippen molar-refractivity contribution in [2.75, 3.05) is 37.0 Å². The predicted octanol–water partition coefficient (Wildman–Crippen LogP) is 2.70. The molecule has 6 nitrogen and oxygen atoms in total. The molecule has 0 unspecified atom stereocenters. The van der Waals surface area contributed by atoms with E-state index in [-0.39, 0.29) is 0 Å². The highest BCUT2D eigenvalue weighted by Gasteiger charge is 2.26. The Bertz CT molecular complexity index is 648. The highest BCUT2D eigenvalue weighted by molar-refractivity contribution is 5.45. The molecule has 0 N–H and O–H groups in total. The number of rotatable bonds is 4. The summed E-state index contributed by atoms with van der Waals surface area (Å²) >= 11 is 0. The zero-order valence-corrected chi connectivity index (χ0v) is 14.5. The third-order valence-electron chi connectivity index (χ3n) is 4.43. The van der Waals surface area contributed by atoms with Crippen LogP contribution in [0.15, 0.2) is 24.8 Å². The second-order valence-electron chi connectivity index (χ2n) is 6.70. The lowest BCUT2D eigenvalue weighted by molar-refractivity contribution is 0.453. The summed E-state index contributed by atoms with van der Waals surface area (Å²) in [6.45, 7) is 6.40. The fourth-order valence-electron chi connectivity index (χ4n) is 3.19. The fourth-order valence-corrected chi connectivity index (χ4v) is 3.19. The van der Waals surface area contributed by atoms with Crippen LogP contribution in [0.25, 0.3) is 0 Å². The monoisotopic (exact) mass is 314 g/mol. The maximum absolute atomic E-state index is 4.73. The second kappa shape index (κ2) is 6.56. The van der Waals surface area contributed by atoms with Gasteiger partial charge in [0.1, 0.15) is 17.5 Å². The first-order valence-electron chi connectivity index (χ1n) is 8.33. The maximum atomic E-state index is 4.73. The number of nitrogens with zero attached hydrogens (tertiary/aromatic N) is 6. The van der Waals surface area contributed by atoms with Gasteiger partial charge in [-0.1, -0.05) is 0 Å². The van der Waals surface area contributed by atoms with Crippen molar-refractivity contribution >= 4 is 11.6 Å². The molecule has 1 aliphatic rings. The van der Waals surface area contributed by atoms with Gasteiger partial charge in [0.05, 0.1) is 12.4 Å². The molecule has 1 atom stereocenters. The zero-order chi connectivity index (χ0) is 16.4. The molecule has 23 heavy (non-hydrogen) atoms. The number of piperidine rings is 1. The van der Waals surface area contributed by atoms with Crippen LogP contribution in [-0.4, -0.2) is 46.7 Å². The van der Waals surface area contributed by atoms with E-state index in [1.54, 1.807) is 6.20 Å². The van der Waals surface area contributed by atoms with E-state index in [0.717, 1.165) is 31.1 Å². The summed E-state index contributed by atoms with van der Waals surface area (Å²) in [6, 6.07) is 0.444. The number of hydrogen-bond acceptors (Lipinski definition) is 5. The minimum atomic E-state index is 0.444. The van der Waals surface area contributed by atoms with Crippen molar-refractivity contribution in [3.8, 4) is 0 Å². The molecule has 1 aliphatic heterocycles. The smallest absolute Gasteiger partial charge is 0.149 e. The fraction of sp³-hybridized carbons (Fsp3) is 0.588. The average Bonchev–Trinajstić information content (AvgIpc) is 3.05. The third-order valence-corrected chi connectivity index (χ3v) is 4.43. The lowest BCUT2D eigenvalue weighted by Crippen LogP contribution is -2.36. The van der Waals surface area contributed by atoms with Gasteiger partial charge in [0, 0.05) is 51.5 Å². The first kappa shape index (κ1) is 15.8. The number of hydrogen-bond donors (Lipinski definition) is 0. The van der Waals surface area contributed by atoms with Crippen LogP contribution in [0.5, 0.6) is 0 Å². The summed E-state index contributed by atoms with van der Waals surface area (Å²) in [6.07, 6.45) is 10.0. The minimum Gasteiger partial charge on any atom is -0.361 e. The van der Waals surface area contributed by atoms with Crippen LogP contribution in [0.2, 0.25) is 0 Å². The summed E-state index contributed by atoms with van der Waals surface area (Å²) in [4.78, 5) is 18.0. The Morgan fingerprint density at radius 1 is 1.26 bits per heavy atom. The Morgan fingerprint density at radius 3 is 2.83 bits per heavy atom. The van der Waals surface area contributed by atoms with Crippen LogP contribution in [0.4, 0.5) is 11.6 Å². The summed E-state index contributed by atoms with van der Waals surface area (Å²) in [5.41, 5.74) is 0. The maximum Gasteiger partial charge on any atom is 0.149 e. The Hall–Kier alpha value is -2.11. The van der Waals surface area contributed by atoms with Crippen LogP contribution >= 0.6 is 0 Å². The molecule has 1 fully saturated rings. The third kappa shape index (κ3) is 3.30. The van der Waals surface area contributed by atoms with Gasteiger partial charge in [-0.25, -0.2) is 9.97 Å². The molecule has 124 valence electrons. The summed E-state index contributed by atoms with van der Waals surface area (Å²) < 4.78 is 2.29. The first-order valence-corrected chi connectivity index (χ1v) is 8.33. The number of aromatic nitrogens is 4. The Labute approximate surface area is 138 Å². The Balaban J connectivity index is 1.81. The Kier molecular flexibility index (Phi) is 4.50. The number of anilines is 2. The quantitative estimate of drug-likeness (QED) is 0.868.